The maximum Gasteiger partial charge on any atom is 0.274 e. The summed E-state index contributed by atoms with van der Waals surface area (Å²) in [6.07, 6.45) is 5.21. The Bertz CT molecular complexity index is 446. The zero-order chi connectivity index (χ0) is 12.5. The summed E-state index contributed by atoms with van der Waals surface area (Å²) in [4.78, 5) is 14.4. The molecule has 1 aromatic heterocycles. The first-order valence-corrected chi connectivity index (χ1v) is 6.85. The molecule has 1 amide bonds. The molecule has 0 bridgehead atoms. The van der Waals surface area contributed by atoms with Gasteiger partial charge in [0.05, 0.1) is 0 Å². The third kappa shape index (κ3) is 1.92. The van der Waals surface area contributed by atoms with Gasteiger partial charge in [-0.25, -0.2) is 0 Å². The Labute approximate surface area is 107 Å². The predicted molar refractivity (Wildman–Crippen MR) is 68.3 cm³/mol. The smallest absolute Gasteiger partial charge is 0.274 e. The fourth-order valence-corrected chi connectivity index (χ4v) is 3.02. The van der Waals surface area contributed by atoms with Crippen LogP contribution in [0.3, 0.4) is 0 Å². The number of nitrogens with one attached hydrogen (secondary N) is 1. The van der Waals surface area contributed by atoms with E-state index in [0.29, 0.717) is 11.6 Å². The topological polar surface area (TPSA) is 75.0 Å². The third-order valence-electron chi connectivity index (χ3n) is 4.24. The second kappa shape index (κ2) is 4.72. The summed E-state index contributed by atoms with van der Waals surface area (Å²) in [5.74, 6) is 0.684. The van der Waals surface area contributed by atoms with Gasteiger partial charge in [0.25, 0.3) is 5.91 Å². The molecule has 3 N–H and O–H groups in total. The molecule has 1 aliphatic heterocycles. The number of likely N-dealkylation sites (tertiary alicyclic amines) is 1. The first kappa shape index (κ1) is 11.7. The monoisotopic (exact) mass is 248 g/mol. The summed E-state index contributed by atoms with van der Waals surface area (Å²) in [5, 5.41) is 7.22. The minimum Gasteiger partial charge on any atom is -0.337 e. The van der Waals surface area contributed by atoms with Gasteiger partial charge in [0.1, 0.15) is 0 Å². The van der Waals surface area contributed by atoms with Gasteiger partial charge in [0, 0.05) is 24.3 Å². The summed E-state index contributed by atoms with van der Waals surface area (Å²) in [7, 11) is 0. The standard InChI is InChI=1S/C13H20N4O/c14-8-9-4-6-17(7-5-9)13(18)12-10-2-1-3-11(10)15-16-12/h9H,1-8,14H2,(H,15,16). The number of aromatic nitrogens is 2. The Balaban J connectivity index is 1.71. The Hall–Kier alpha value is -1.36. The van der Waals surface area contributed by atoms with Crippen molar-refractivity contribution in [3.05, 3.63) is 17.0 Å². The highest BCUT2D eigenvalue weighted by Crippen LogP contribution is 2.25. The number of aromatic amines is 1. The van der Waals surface area contributed by atoms with Crippen LogP contribution in [-0.4, -0.2) is 40.6 Å². The van der Waals surface area contributed by atoms with Crippen LogP contribution in [0.2, 0.25) is 0 Å². The summed E-state index contributed by atoms with van der Waals surface area (Å²) in [6.45, 7) is 2.38. The Morgan fingerprint density at radius 3 is 2.89 bits per heavy atom. The summed E-state index contributed by atoms with van der Waals surface area (Å²) >= 11 is 0. The van der Waals surface area contributed by atoms with Crippen molar-refractivity contribution in [2.24, 2.45) is 11.7 Å². The van der Waals surface area contributed by atoms with E-state index in [9.17, 15) is 4.79 Å². The van der Waals surface area contributed by atoms with Crippen molar-refractivity contribution in [1.82, 2.24) is 15.1 Å². The molecule has 18 heavy (non-hydrogen) atoms. The molecule has 0 unspecified atom stereocenters. The molecule has 2 heterocycles. The number of hydrogen-bond acceptors (Lipinski definition) is 3. The maximum absolute atomic E-state index is 12.4. The zero-order valence-corrected chi connectivity index (χ0v) is 10.6. The predicted octanol–water partition coefficient (Wildman–Crippen LogP) is 0.709. The second-order valence-electron chi connectivity index (χ2n) is 5.35. The molecule has 1 fully saturated rings. The zero-order valence-electron chi connectivity index (χ0n) is 10.6. The molecule has 0 aromatic carbocycles. The van der Waals surface area contributed by atoms with E-state index in [1.165, 1.54) is 0 Å². The van der Waals surface area contributed by atoms with Crippen molar-refractivity contribution in [2.75, 3.05) is 19.6 Å². The van der Waals surface area contributed by atoms with E-state index in [0.717, 1.165) is 63.0 Å². The molecule has 1 aromatic rings. The van der Waals surface area contributed by atoms with Crippen LogP contribution in [0.4, 0.5) is 0 Å². The summed E-state index contributed by atoms with van der Waals surface area (Å²) in [5.41, 5.74) is 8.65. The summed E-state index contributed by atoms with van der Waals surface area (Å²) < 4.78 is 0. The third-order valence-corrected chi connectivity index (χ3v) is 4.24. The van der Waals surface area contributed by atoms with Crippen molar-refractivity contribution in [3.8, 4) is 0 Å². The highest BCUT2D eigenvalue weighted by Gasteiger charge is 2.28. The maximum atomic E-state index is 12.4. The molecule has 0 saturated carbocycles. The average Bonchev–Trinajstić information content (AvgIpc) is 3.00. The summed E-state index contributed by atoms with van der Waals surface area (Å²) in [6, 6.07) is 0. The highest BCUT2D eigenvalue weighted by atomic mass is 16.2. The van der Waals surface area contributed by atoms with Crippen molar-refractivity contribution < 1.29 is 4.79 Å². The highest BCUT2D eigenvalue weighted by molar-refractivity contribution is 5.94. The normalized spacial score (nSPS) is 20.2. The molecule has 5 nitrogen and oxygen atoms in total. The van der Waals surface area contributed by atoms with Crippen LogP contribution in [-0.2, 0) is 12.8 Å². The number of aryl methyl sites for hydroxylation is 1. The van der Waals surface area contributed by atoms with E-state index in [-0.39, 0.29) is 5.91 Å². The van der Waals surface area contributed by atoms with Gasteiger partial charge >= 0.3 is 0 Å². The largest absolute Gasteiger partial charge is 0.337 e. The number of nitrogens with two attached hydrogens (primary N) is 1. The van der Waals surface area contributed by atoms with E-state index < -0.39 is 0 Å². The lowest BCUT2D eigenvalue weighted by molar-refractivity contribution is 0.0686. The second-order valence-corrected chi connectivity index (χ2v) is 5.35. The molecule has 1 saturated heterocycles. The van der Waals surface area contributed by atoms with Crippen LogP contribution < -0.4 is 5.73 Å². The van der Waals surface area contributed by atoms with Crippen molar-refractivity contribution in [3.63, 3.8) is 0 Å². The van der Waals surface area contributed by atoms with Gasteiger partial charge in [0.15, 0.2) is 5.69 Å². The number of amides is 1. The van der Waals surface area contributed by atoms with Gasteiger partial charge in [0.2, 0.25) is 0 Å². The minimum absolute atomic E-state index is 0.102. The first-order chi connectivity index (χ1) is 8.79. The van der Waals surface area contributed by atoms with Crippen LogP contribution in [0.15, 0.2) is 0 Å². The van der Waals surface area contributed by atoms with Crippen molar-refractivity contribution >= 4 is 5.91 Å². The van der Waals surface area contributed by atoms with Crippen molar-refractivity contribution in [2.45, 2.75) is 32.1 Å². The molecule has 5 heteroatoms. The van der Waals surface area contributed by atoms with Crippen LogP contribution in [0, 0.1) is 5.92 Å². The fraction of sp³-hybridized carbons (Fsp3) is 0.692. The number of fused-ring (bicyclic) bond motifs is 1. The fourth-order valence-electron chi connectivity index (χ4n) is 3.02. The Morgan fingerprint density at radius 2 is 2.17 bits per heavy atom. The van der Waals surface area contributed by atoms with Crippen LogP contribution in [0.5, 0.6) is 0 Å². The molecule has 0 atom stereocenters. The van der Waals surface area contributed by atoms with Gasteiger partial charge in [-0.3, -0.25) is 9.89 Å². The Morgan fingerprint density at radius 1 is 1.39 bits per heavy atom. The number of carbonyl (C=O) groups is 1. The SMILES string of the molecule is NCC1CCN(C(=O)c2n[nH]c3c2CCC3)CC1. The first-order valence-electron chi connectivity index (χ1n) is 6.85. The number of piperidine rings is 1. The van der Waals surface area contributed by atoms with Gasteiger partial charge in [-0.15, -0.1) is 0 Å². The van der Waals surface area contributed by atoms with Crippen LogP contribution >= 0.6 is 0 Å². The minimum atomic E-state index is 0.102. The number of hydrogen-bond donors (Lipinski definition) is 2. The van der Waals surface area contributed by atoms with Crippen LogP contribution in [0.1, 0.15) is 41.0 Å². The van der Waals surface area contributed by atoms with E-state index in [1.54, 1.807) is 0 Å². The molecule has 0 spiro atoms. The molecule has 98 valence electrons. The van der Waals surface area contributed by atoms with Crippen LogP contribution in [0.25, 0.3) is 0 Å². The molecular formula is C13H20N4O. The lowest BCUT2D eigenvalue weighted by atomic mass is 9.97. The van der Waals surface area contributed by atoms with Crippen molar-refractivity contribution in [1.29, 1.82) is 0 Å². The quantitative estimate of drug-likeness (QED) is 0.809. The van der Waals surface area contributed by atoms with Gasteiger partial charge in [-0.2, -0.15) is 5.10 Å². The van der Waals surface area contributed by atoms with E-state index in [1.807, 2.05) is 4.90 Å². The Kier molecular flexibility index (Phi) is 3.07. The number of nitrogens with zero attached hydrogens (tertiary/aromatic N) is 2. The lowest BCUT2D eigenvalue weighted by Gasteiger charge is -2.31. The lowest BCUT2D eigenvalue weighted by Crippen LogP contribution is -2.40. The molecule has 3 rings (SSSR count). The van der Waals surface area contributed by atoms with E-state index in [2.05, 4.69) is 10.2 Å². The average molecular weight is 248 g/mol. The molecule has 0 radical (unpaired) electrons. The van der Waals surface area contributed by atoms with Gasteiger partial charge in [-0.1, -0.05) is 0 Å². The van der Waals surface area contributed by atoms with E-state index in [4.69, 9.17) is 5.73 Å². The van der Waals surface area contributed by atoms with Gasteiger partial charge < -0.3 is 10.6 Å². The number of rotatable bonds is 2. The molecule has 1 aliphatic carbocycles. The van der Waals surface area contributed by atoms with E-state index >= 15 is 0 Å². The molecule has 2 aliphatic rings. The van der Waals surface area contributed by atoms with Gasteiger partial charge in [-0.05, 0) is 44.6 Å². The number of carbonyl (C=O) groups excluding carboxylic acids is 1. The molecular weight excluding hydrogens is 228 g/mol. The number of H-pyrrole nitrogens is 1.